The van der Waals surface area contributed by atoms with Crippen molar-refractivity contribution in [1.82, 2.24) is 9.66 Å². The quantitative estimate of drug-likeness (QED) is 0.315. The highest BCUT2D eigenvalue weighted by atomic mass is 79.9. The molecule has 7 heteroatoms. The molecule has 0 radical (unpaired) electrons. The summed E-state index contributed by atoms with van der Waals surface area (Å²) in [5.41, 5.74) is 1.22. The maximum Gasteiger partial charge on any atom is 0.282 e. The van der Waals surface area contributed by atoms with E-state index < -0.39 is 0 Å². The van der Waals surface area contributed by atoms with Crippen LogP contribution in [0.2, 0.25) is 5.02 Å². The zero-order valence-corrected chi connectivity index (χ0v) is 18.4. The summed E-state index contributed by atoms with van der Waals surface area (Å²) in [7, 11) is 0. The Bertz CT molecular complexity index is 1120. The monoisotopic (exact) mass is 473 g/mol. The average molecular weight is 475 g/mol. The molecule has 0 atom stereocenters. The fourth-order valence-corrected chi connectivity index (χ4v) is 3.40. The van der Waals surface area contributed by atoms with Crippen LogP contribution in [0.5, 0.6) is 5.75 Å². The Labute approximate surface area is 182 Å². The van der Waals surface area contributed by atoms with Crippen LogP contribution in [-0.4, -0.2) is 22.5 Å². The van der Waals surface area contributed by atoms with Crippen molar-refractivity contribution >= 4 is 44.6 Å². The van der Waals surface area contributed by atoms with Crippen LogP contribution in [0.15, 0.2) is 63.4 Å². The topological polar surface area (TPSA) is 56.5 Å². The summed E-state index contributed by atoms with van der Waals surface area (Å²) < 4.78 is 7.68. The first-order valence-electron chi connectivity index (χ1n) is 9.32. The highest BCUT2D eigenvalue weighted by molar-refractivity contribution is 9.10. The van der Waals surface area contributed by atoms with Crippen LogP contribution in [-0.2, 0) is 6.42 Å². The summed E-state index contributed by atoms with van der Waals surface area (Å²) in [6.45, 7) is 6.10. The highest BCUT2D eigenvalue weighted by Crippen LogP contribution is 2.25. The summed E-state index contributed by atoms with van der Waals surface area (Å²) in [5.74, 6) is 1.21. The van der Waals surface area contributed by atoms with Gasteiger partial charge >= 0.3 is 0 Å². The smallest absolute Gasteiger partial charge is 0.282 e. The van der Waals surface area contributed by atoms with Gasteiger partial charge in [-0.1, -0.05) is 53.5 Å². The lowest BCUT2D eigenvalue weighted by molar-refractivity contribution is 0.363. The lowest BCUT2D eigenvalue weighted by Crippen LogP contribution is -2.22. The number of nitrogens with zero attached hydrogens (tertiary/aromatic N) is 3. The molecule has 3 rings (SSSR count). The van der Waals surface area contributed by atoms with E-state index in [2.05, 4.69) is 39.5 Å². The molecule has 0 spiro atoms. The Morgan fingerprint density at radius 3 is 2.86 bits per heavy atom. The number of aromatic nitrogens is 2. The van der Waals surface area contributed by atoms with Crippen molar-refractivity contribution in [3.8, 4) is 5.75 Å². The van der Waals surface area contributed by atoms with Gasteiger partial charge in [-0.3, -0.25) is 4.79 Å². The standard InChI is InChI=1S/C22H21BrClN3O2/c1-3-5-6-21-26-19-9-8-16(23)13-17(19)22(28)27(21)25-14-15-7-10-20(18(24)12-15)29-11-4-2/h4,7-10,12-14H,2-3,5-6,11H2,1H3. The molecule has 1 aromatic heterocycles. The average Bonchev–Trinajstić information content (AvgIpc) is 2.71. The Kier molecular flexibility index (Phi) is 7.23. The summed E-state index contributed by atoms with van der Waals surface area (Å²) in [6, 6.07) is 10.8. The van der Waals surface area contributed by atoms with Gasteiger partial charge in [-0.25, -0.2) is 4.98 Å². The van der Waals surface area contributed by atoms with Gasteiger partial charge in [-0.2, -0.15) is 9.78 Å². The second kappa shape index (κ2) is 9.85. The molecule has 0 aliphatic heterocycles. The number of hydrogen-bond donors (Lipinski definition) is 0. The number of unbranched alkanes of at least 4 members (excludes halogenated alkanes) is 1. The van der Waals surface area contributed by atoms with Gasteiger partial charge in [-0.05, 0) is 48.4 Å². The molecular formula is C22H21BrClN3O2. The summed E-state index contributed by atoms with van der Waals surface area (Å²) in [4.78, 5) is 17.7. The Balaban J connectivity index is 2.01. The van der Waals surface area contributed by atoms with Crippen molar-refractivity contribution in [2.75, 3.05) is 6.61 Å². The summed E-state index contributed by atoms with van der Waals surface area (Å²) >= 11 is 9.68. The van der Waals surface area contributed by atoms with Crippen molar-refractivity contribution in [2.45, 2.75) is 26.2 Å². The number of hydrogen-bond acceptors (Lipinski definition) is 4. The van der Waals surface area contributed by atoms with E-state index in [1.807, 2.05) is 18.2 Å². The van der Waals surface area contributed by atoms with E-state index in [9.17, 15) is 4.79 Å². The van der Waals surface area contributed by atoms with Crippen molar-refractivity contribution in [2.24, 2.45) is 5.10 Å². The minimum atomic E-state index is -0.198. The molecule has 0 bridgehead atoms. The van der Waals surface area contributed by atoms with E-state index in [-0.39, 0.29) is 5.56 Å². The van der Waals surface area contributed by atoms with E-state index in [1.54, 1.807) is 30.5 Å². The highest BCUT2D eigenvalue weighted by Gasteiger charge is 2.11. The lowest BCUT2D eigenvalue weighted by Gasteiger charge is -2.09. The van der Waals surface area contributed by atoms with Gasteiger partial charge < -0.3 is 4.74 Å². The fourth-order valence-electron chi connectivity index (χ4n) is 2.80. The first-order chi connectivity index (χ1) is 14.0. The Morgan fingerprint density at radius 2 is 2.14 bits per heavy atom. The van der Waals surface area contributed by atoms with Crippen LogP contribution < -0.4 is 10.3 Å². The molecule has 29 heavy (non-hydrogen) atoms. The molecule has 0 aliphatic rings. The molecule has 1 heterocycles. The van der Waals surface area contributed by atoms with E-state index in [4.69, 9.17) is 16.3 Å². The number of aryl methyl sites for hydroxylation is 1. The molecule has 0 saturated heterocycles. The number of fused-ring (bicyclic) bond motifs is 1. The maximum absolute atomic E-state index is 13.1. The first-order valence-corrected chi connectivity index (χ1v) is 10.5. The van der Waals surface area contributed by atoms with E-state index in [1.165, 1.54) is 4.68 Å². The number of ether oxygens (including phenoxy) is 1. The summed E-state index contributed by atoms with van der Waals surface area (Å²) in [6.07, 6.45) is 5.85. The van der Waals surface area contributed by atoms with Crippen LogP contribution in [0.4, 0.5) is 0 Å². The molecular weight excluding hydrogens is 454 g/mol. The van der Waals surface area contributed by atoms with Gasteiger partial charge in [0.15, 0.2) is 0 Å². The zero-order valence-electron chi connectivity index (χ0n) is 16.1. The molecule has 0 aliphatic carbocycles. The van der Waals surface area contributed by atoms with Gasteiger partial charge in [0.1, 0.15) is 18.2 Å². The molecule has 0 N–H and O–H groups in total. The first kappa shape index (κ1) is 21.3. The predicted octanol–water partition coefficient (Wildman–Crippen LogP) is 5.60. The van der Waals surface area contributed by atoms with Crippen LogP contribution in [0, 0.1) is 0 Å². The third-order valence-corrected chi connectivity index (χ3v) is 5.05. The minimum absolute atomic E-state index is 0.198. The minimum Gasteiger partial charge on any atom is -0.488 e. The molecule has 0 fully saturated rings. The van der Waals surface area contributed by atoms with Crippen molar-refractivity contribution < 1.29 is 4.74 Å². The number of rotatable bonds is 8. The SMILES string of the molecule is C=CCOc1ccc(C=Nn2c(CCCC)nc3ccc(Br)cc3c2=O)cc1Cl. The van der Waals surface area contributed by atoms with Crippen LogP contribution in [0.3, 0.4) is 0 Å². The molecule has 0 saturated carbocycles. The second-order valence-corrected chi connectivity index (χ2v) is 7.77. The van der Waals surface area contributed by atoms with Crippen molar-refractivity contribution in [3.63, 3.8) is 0 Å². The predicted molar refractivity (Wildman–Crippen MR) is 122 cm³/mol. The largest absolute Gasteiger partial charge is 0.488 e. The number of halogens is 2. The third-order valence-electron chi connectivity index (χ3n) is 4.26. The Morgan fingerprint density at radius 1 is 1.31 bits per heavy atom. The lowest BCUT2D eigenvalue weighted by atomic mass is 10.2. The number of benzene rings is 2. The molecule has 0 amide bonds. The zero-order chi connectivity index (χ0) is 20.8. The Hall–Kier alpha value is -2.44. The molecule has 2 aromatic carbocycles. The van der Waals surface area contributed by atoms with E-state index in [0.29, 0.717) is 40.5 Å². The van der Waals surface area contributed by atoms with Crippen molar-refractivity contribution in [3.05, 3.63) is 80.3 Å². The van der Waals surface area contributed by atoms with Crippen LogP contribution in [0.1, 0.15) is 31.2 Å². The second-order valence-electron chi connectivity index (χ2n) is 6.44. The normalized spacial score (nSPS) is 11.3. The molecule has 150 valence electrons. The van der Waals surface area contributed by atoms with Gasteiger partial charge in [0, 0.05) is 10.9 Å². The summed E-state index contributed by atoms with van der Waals surface area (Å²) in [5, 5.41) is 5.41. The maximum atomic E-state index is 13.1. The van der Waals surface area contributed by atoms with Gasteiger partial charge in [0.25, 0.3) is 5.56 Å². The van der Waals surface area contributed by atoms with Crippen LogP contribution in [0.25, 0.3) is 10.9 Å². The van der Waals surface area contributed by atoms with E-state index in [0.717, 1.165) is 22.9 Å². The van der Waals surface area contributed by atoms with Gasteiger partial charge in [0.05, 0.1) is 22.1 Å². The fraction of sp³-hybridized carbons (Fsp3) is 0.227. The van der Waals surface area contributed by atoms with Crippen LogP contribution >= 0.6 is 27.5 Å². The van der Waals surface area contributed by atoms with Gasteiger partial charge in [0.2, 0.25) is 0 Å². The molecule has 3 aromatic rings. The third kappa shape index (κ3) is 5.14. The molecule has 0 unspecified atom stereocenters. The van der Waals surface area contributed by atoms with Gasteiger partial charge in [-0.15, -0.1) is 0 Å². The molecule has 5 nitrogen and oxygen atoms in total. The van der Waals surface area contributed by atoms with E-state index >= 15 is 0 Å². The van der Waals surface area contributed by atoms with Crippen molar-refractivity contribution in [1.29, 1.82) is 0 Å².